The fourth-order valence-electron chi connectivity index (χ4n) is 3.24. The van der Waals surface area contributed by atoms with Crippen molar-refractivity contribution in [2.75, 3.05) is 13.1 Å². The first-order valence-electron chi connectivity index (χ1n) is 9.03. The summed E-state index contributed by atoms with van der Waals surface area (Å²) in [6.07, 6.45) is 0. The van der Waals surface area contributed by atoms with Gasteiger partial charge in [0.1, 0.15) is 5.82 Å². The van der Waals surface area contributed by atoms with Gasteiger partial charge in [0.15, 0.2) is 9.84 Å². The monoisotopic (exact) mass is 465 g/mol. The van der Waals surface area contributed by atoms with Gasteiger partial charge < -0.3 is 0 Å². The standard InChI is InChI=1S/C21H17ClFNO4S2/c22-17-6-4-15(5-7-17)16-2-1-3-20(12-16)30(27,28)24-13-21(14-24)29(25,26)19-10-8-18(23)9-11-19/h1-12,21H,13-14H2. The summed E-state index contributed by atoms with van der Waals surface area (Å²) in [7, 11) is -7.58. The molecule has 0 spiro atoms. The number of nitrogens with zero attached hydrogens (tertiary/aromatic N) is 1. The van der Waals surface area contributed by atoms with E-state index >= 15 is 0 Å². The number of hydrogen-bond donors (Lipinski definition) is 0. The lowest BCUT2D eigenvalue weighted by molar-refractivity contribution is 0.309. The zero-order chi connectivity index (χ0) is 21.5. The lowest BCUT2D eigenvalue weighted by Gasteiger charge is -2.37. The predicted octanol–water partition coefficient (Wildman–Crippen LogP) is 3.99. The molecule has 0 atom stereocenters. The van der Waals surface area contributed by atoms with Gasteiger partial charge in [-0.15, -0.1) is 0 Å². The Hall–Kier alpha value is -2.26. The minimum Gasteiger partial charge on any atom is -0.223 e. The van der Waals surface area contributed by atoms with E-state index in [1.54, 1.807) is 42.5 Å². The van der Waals surface area contributed by atoms with E-state index in [9.17, 15) is 21.2 Å². The normalized spacial score (nSPS) is 15.7. The van der Waals surface area contributed by atoms with Crippen LogP contribution in [0.1, 0.15) is 0 Å². The maximum Gasteiger partial charge on any atom is 0.243 e. The molecule has 0 unspecified atom stereocenters. The molecule has 5 nitrogen and oxygen atoms in total. The van der Waals surface area contributed by atoms with Gasteiger partial charge in [0.05, 0.1) is 15.0 Å². The second kappa shape index (κ2) is 7.77. The third-order valence-electron chi connectivity index (χ3n) is 5.04. The van der Waals surface area contributed by atoms with Crippen LogP contribution in [0.5, 0.6) is 0 Å². The highest BCUT2D eigenvalue weighted by Gasteiger charge is 2.44. The van der Waals surface area contributed by atoms with Crippen molar-refractivity contribution >= 4 is 31.5 Å². The van der Waals surface area contributed by atoms with Crippen molar-refractivity contribution in [3.63, 3.8) is 0 Å². The first kappa shape index (κ1) is 21.0. The van der Waals surface area contributed by atoms with E-state index in [4.69, 9.17) is 11.6 Å². The second-order valence-electron chi connectivity index (χ2n) is 6.98. The quantitative estimate of drug-likeness (QED) is 0.534. The molecule has 0 N–H and O–H groups in total. The number of halogens is 2. The maximum absolute atomic E-state index is 13.1. The van der Waals surface area contributed by atoms with Crippen molar-refractivity contribution in [2.45, 2.75) is 15.0 Å². The molecule has 1 aliphatic rings. The number of hydrogen-bond acceptors (Lipinski definition) is 4. The molecular formula is C21H17ClFNO4S2. The van der Waals surface area contributed by atoms with Crippen molar-refractivity contribution in [1.29, 1.82) is 0 Å². The van der Waals surface area contributed by atoms with Crippen LogP contribution in [0.2, 0.25) is 5.02 Å². The molecule has 3 aromatic carbocycles. The third-order valence-corrected chi connectivity index (χ3v) is 9.23. The van der Waals surface area contributed by atoms with Crippen molar-refractivity contribution < 1.29 is 21.2 Å². The predicted molar refractivity (Wildman–Crippen MR) is 113 cm³/mol. The van der Waals surface area contributed by atoms with Gasteiger partial charge in [-0.1, -0.05) is 35.9 Å². The van der Waals surface area contributed by atoms with Gasteiger partial charge in [-0.05, 0) is 59.7 Å². The lowest BCUT2D eigenvalue weighted by Crippen LogP contribution is -2.56. The number of benzene rings is 3. The van der Waals surface area contributed by atoms with Gasteiger partial charge in [0.2, 0.25) is 10.0 Å². The summed E-state index contributed by atoms with van der Waals surface area (Å²) in [5.74, 6) is -0.535. The van der Waals surface area contributed by atoms with Gasteiger partial charge in [0, 0.05) is 18.1 Å². The average Bonchev–Trinajstić information content (AvgIpc) is 2.67. The molecule has 1 saturated heterocycles. The first-order valence-corrected chi connectivity index (χ1v) is 12.4. The third kappa shape index (κ3) is 3.88. The number of sulfonamides is 1. The molecule has 0 radical (unpaired) electrons. The van der Waals surface area contributed by atoms with Crippen LogP contribution in [0.4, 0.5) is 4.39 Å². The lowest BCUT2D eigenvalue weighted by atomic mass is 10.1. The molecule has 3 aromatic rings. The van der Waals surface area contributed by atoms with Crippen LogP contribution in [0.15, 0.2) is 82.6 Å². The van der Waals surface area contributed by atoms with Crippen LogP contribution in [0.25, 0.3) is 11.1 Å². The fourth-order valence-corrected chi connectivity index (χ4v) is 6.78. The molecular weight excluding hydrogens is 449 g/mol. The van der Waals surface area contributed by atoms with Crippen molar-refractivity contribution in [1.82, 2.24) is 4.31 Å². The van der Waals surface area contributed by atoms with Crippen LogP contribution >= 0.6 is 11.6 Å². The number of sulfone groups is 1. The second-order valence-corrected chi connectivity index (χ2v) is 11.6. The SMILES string of the molecule is O=S(=O)(c1ccc(F)cc1)C1CN(S(=O)(=O)c2cccc(-c3ccc(Cl)cc3)c2)C1. The van der Waals surface area contributed by atoms with E-state index in [-0.39, 0.29) is 22.9 Å². The van der Waals surface area contributed by atoms with Crippen molar-refractivity contribution in [2.24, 2.45) is 0 Å². The minimum atomic E-state index is -3.84. The van der Waals surface area contributed by atoms with Crippen molar-refractivity contribution in [3.05, 3.63) is 83.6 Å². The van der Waals surface area contributed by atoms with Crippen LogP contribution in [-0.4, -0.2) is 39.5 Å². The van der Waals surface area contributed by atoms with Crippen molar-refractivity contribution in [3.8, 4) is 11.1 Å². The minimum absolute atomic E-state index is 0.0179. The Morgan fingerprint density at radius 2 is 1.43 bits per heavy atom. The molecule has 4 rings (SSSR count). The Morgan fingerprint density at radius 1 is 0.800 bits per heavy atom. The molecule has 1 heterocycles. The van der Waals surface area contributed by atoms with Crippen LogP contribution < -0.4 is 0 Å². The van der Waals surface area contributed by atoms with E-state index in [1.807, 2.05) is 0 Å². The summed E-state index contributed by atoms with van der Waals surface area (Å²) >= 11 is 5.90. The molecule has 0 amide bonds. The molecule has 9 heteroatoms. The smallest absolute Gasteiger partial charge is 0.223 e. The maximum atomic E-state index is 13.1. The summed E-state index contributed by atoms with van der Waals surface area (Å²) in [4.78, 5) is 0.0725. The highest BCUT2D eigenvalue weighted by Crippen LogP contribution is 2.31. The van der Waals surface area contributed by atoms with Gasteiger partial charge in [0.25, 0.3) is 0 Å². The molecule has 0 aliphatic carbocycles. The Balaban J connectivity index is 1.54. The van der Waals surface area contributed by atoms with Crippen LogP contribution in [0, 0.1) is 5.82 Å². The van der Waals surface area contributed by atoms with Gasteiger partial charge in [-0.3, -0.25) is 0 Å². The topological polar surface area (TPSA) is 71.5 Å². The Kier molecular flexibility index (Phi) is 5.44. The summed E-state index contributed by atoms with van der Waals surface area (Å²) < 4.78 is 65.4. The summed E-state index contributed by atoms with van der Waals surface area (Å²) in [5.41, 5.74) is 1.53. The molecule has 1 aliphatic heterocycles. The Morgan fingerprint density at radius 3 is 2.07 bits per heavy atom. The van der Waals surface area contributed by atoms with Gasteiger partial charge in [-0.25, -0.2) is 21.2 Å². The van der Waals surface area contributed by atoms with E-state index in [0.717, 1.165) is 22.0 Å². The largest absolute Gasteiger partial charge is 0.243 e. The zero-order valence-corrected chi connectivity index (χ0v) is 18.0. The highest BCUT2D eigenvalue weighted by atomic mass is 35.5. The Labute approximate surface area is 179 Å². The summed E-state index contributed by atoms with van der Waals surface area (Å²) in [5, 5.41) is -0.284. The molecule has 0 aromatic heterocycles. The van der Waals surface area contributed by atoms with E-state index < -0.39 is 30.9 Å². The van der Waals surface area contributed by atoms with Gasteiger partial charge >= 0.3 is 0 Å². The molecule has 156 valence electrons. The van der Waals surface area contributed by atoms with Crippen LogP contribution in [-0.2, 0) is 19.9 Å². The van der Waals surface area contributed by atoms with E-state index in [1.165, 1.54) is 18.2 Å². The summed E-state index contributed by atoms with van der Waals surface area (Å²) in [6.45, 7) is -0.291. The average molecular weight is 466 g/mol. The molecule has 30 heavy (non-hydrogen) atoms. The molecule has 0 saturated carbocycles. The highest BCUT2D eigenvalue weighted by molar-refractivity contribution is 7.92. The summed E-state index contributed by atoms with van der Waals surface area (Å²) in [6, 6.07) is 18.0. The molecule has 0 bridgehead atoms. The first-order chi connectivity index (χ1) is 14.2. The van der Waals surface area contributed by atoms with E-state index in [2.05, 4.69) is 0 Å². The van der Waals surface area contributed by atoms with Crippen LogP contribution in [0.3, 0.4) is 0 Å². The Bertz CT molecular complexity index is 1290. The fraction of sp³-hybridized carbons (Fsp3) is 0.143. The van der Waals surface area contributed by atoms with Gasteiger partial charge in [-0.2, -0.15) is 4.31 Å². The van der Waals surface area contributed by atoms with E-state index in [0.29, 0.717) is 10.6 Å². The zero-order valence-electron chi connectivity index (χ0n) is 15.6. The number of rotatable bonds is 5. The molecule has 1 fully saturated rings.